The van der Waals surface area contributed by atoms with Crippen molar-refractivity contribution in [2.75, 3.05) is 5.06 Å². The third kappa shape index (κ3) is 2.80. The molecule has 2 fully saturated rings. The van der Waals surface area contributed by atoms with E-state index in [0.29, 0.717) is 49.2 Å². The SMILES string of the molecule is C[C@@]1(/C=C/[C@]2(C)CCn3cnc4ncnc(c43)N2O)C(=O)CC[C@]2(C)C(=O)CCC[C@@H]12. The predicted molar refractivity (Wildman–Crippen MR) is 115 cm³/mol. The quantitative estimate of drug-likeness (QED) is 0.738. The molecule has 1 aliphatic heterocycles. The van der Waals surface area contributed by atoms with E-state index in [-0.39, 0.29) is 17.5 Å². The van der Waals surface area contributed by atoms with Crippen LogP contribution < -0.4 is 5.06 Å². The van der Waals surface area contributed by atoms with Crippen LogP contribution in [0.25, 0.3) is 11.2 Å². The van der Waals surface area contributed by atoms with Gasteiger partial charge in [0.25, 0.3) is 0 Å². The minimum atomic E-state index is -0.768. The monoisotopic (exact) mass is 423 g/mol. The maximum Gasteiger partial charge on any atom is 0.183 e. The van der Waals surface area contributed by atoms with Gasteiger partial charge < -0.3 is 4.57 Å². The number of Topliss-reactive ketones (excluding diaryl/α,β-unsaturated/α-hetero) is 2. The van der Waals surface area contributed by atoms with E-state index in [9.17, 15) is 14.8 Å². The van der Waals surface area contributed by atoms with E-state index in [4.69, 9.17) is 0 Å². The van der Waals surface area contributed by atoms with Crippen molar-refractivity contribution in [1.29, 1.82) is 0 Å². The van der Waals surface area contributed by atoms with Crippen molar-refractivity contribution in [3.63, 3.8) is 0 Å². The molecule has 0 bridgehead atoms. The second-order valence-corrected chi connectivity index (χ2v) is 10.1. The van der Waals surface area contributed by atoms with Gasteiger partial charge in [0.2, 0.25) is 0 Å². The highest BCUT2D eigenvalue weighted by Crippen LogP contribution is 2.55. The van der Waals surface area contributed by atoms with Gasteiger partial charge in [0, 0.05) is 30.2 Å². The van der Waals surface area contributed by atoms with Crippen molar-refractivity contribution in [3.05, 3.63) is 24.8 Å². The Hall–Kier alpha value is -2.61. The second-order valence-electron chi connectivity index (χ2n) is 10.1. The molecule has 0 spiro atoms. The van der Waals surface area contributed by atoms with Gasteiger partial charge in [-0.15, -0.1) is 0 Å². The molecule has 0 radical (unpaired) electrons. The summed E-state index contributed by atoms with van der Waals surface area (Å²) in [5.74, 6) is 0.868. The molecule has 0 aromatic carbocycles. The zero-order chi connectivity index (χ0) is 22.0. The van der Waals surface area contributed by atoms with Gasteiger partial charge in [-0.1, -0.05) is 19.1 Å². The Morgan fingerprint density at radius 2 is 1.87 bits per heavy atom. The lowest BCUT2D eigenvalue weighted by Crippen LogP contribution is -2.54. The number of carbonyl (C=O) groups is 2. The Morgan fingerprint density at radius 3 is 2.68 bits per heavy atom. The van der Waals surface area contributed by atoms with Gasteiger partial charge >= 0.3 is 0 Å². The van der Waals surface area contributed by atoms with Crippen LogP contribution >= 0.6 is 0 Å². The molecule has 3 heterocycles. The van der Waals surface area contributed by atoms with Crippen LogP contribution in [-0.4, -0.2) is 41.8 Å². The lowest BCUT2D eigenvalue weighted by Gasteiger charge is -2.52. The molecule has 0 amide bonds. The van der Waals surface area contributed by atoms with Crippen molar-refractivity contribution in [2.45, 2.75) is 71.4 Å². The summed E-state index contributed by atoms with van der Waals surface area (Å²) in [6.07, 6.45) is 11.0. The standard InChI is InChI=1S/C23H29N5O3/c1-21(11-12-27-14-26-19-18(27)20(28(21)31)25-13-24-19)9-10-23(3)15-5-4-6-16(29)22(15,2)8-7-17(23)30/h9-10,13-15,31H,4-8,11-12H2,1-3H3/b10-9+/t15-,21-,22+,23+/m1/s1. The van der Waals surface area contributed by atoms with Gasteiger partial charge in [0.05, 0.1) is 11.9 Å². The van der Waals surface area contributed by atoms with E-state index in [1.54, 1.807) is 6.33 Å². The van der Waals surface area contributed by atoms with E-state index in [1.807, 2.05) is 37.5 Å². The number of hydrogen-bond acceptors (Lipinski definition) is 7. The molecule has 8 heteroatoms. The Kier molecular flexibility index (Phi) is 4.38. The summed E-state index contributed by atoms with van der Waals surface area (Å²) >= 11 is 0. The molecule has 2 aromatic heterocycles. The first-order chi connectivity index (χ1) is 14.7. The van der Waals surface area contributed by atoms with Crippen LogP contribution in [0, 0.1) is 16.7 Å². The number of anilines is 1. The van der Waals surface area contributed by atoms with Crippen molar-refractivity contribution in [3.8, 4) is 0 Å². The van der Waals surface area contributed by atoms with Gasteiger partial charge in [0.15, 0.2) is 11.5 Å². The van der Waals surface area contributed by atoms with Crippen molar-refractivity contribution < 1.29 is 14.8 Å². The molecule has 2 aliphatic carbocycles. The Balaban J connectivity index is 1.53. The number of allylic oxidation sites excluding steroid dienone is 1. The van der Waals surface area contributed by atoms with Crippen molar-refractivity contribution in [1.82, 2.24) is 19.5 Å². The Bertz CT molecular complexity index is 1110. The number of fused-ring (bicyclic) bond motifs is 1. The van der Waals surface area contributed by atoms with Gasteiger partial charge in [-0.3, -0.25) is 14.8 Å². The number of aromatic nitrogens is 4. The Morgan fingerprint density at radius 1 is 1.06 bits per heavy atom. The molecule has 1 N–H and O–H groups in total. The first-order valence-electron chi connectivity index (χ1n) is 11.1. The van der Waals surface area contributed by atoms with E-state index in [1.165, 1.54) is 11.4 Å². The van der Waals surface area contributed by atoms with Crippen LogP contribution in [0.1, 0.15) is 59.3 Å². The molecule has 0 unspecified atom stereocenters. The maximum absolute atomic E-state index is 13.2. The fourth-order valence-corrected chi connectivity index (χ4v) is 6.01. The third-order valence-electron chi connectivity index (χ3n) is 8.22. The van der Waals surface area contributed by atoms with Gasteiger partial charge in [-0.05, 0) is 45.4 Å². The van der Waals surface area contributed by atoms with Crippen LogP contribution in [0.15, 0.2) is 24.8 Å². The second kappa shape index (κ2) is 6.69. The van der Waals surface area contributed by atoms with Crippen LogP contribution in [0.5, 0.6) is 0 Å². The summed E-state index contributed by atoms with van der Waals surface area (Å²) in [5.41, 5.74) is -0.694. The smallest absolute Gasteiger partial charge is 0.183 e. The summed E-state index contributed by atoms with van der Waals surface area (Å²) in [7, 11) is 0. The highest BCUT2D eigenvalue weighted by atomic mass is 16.5. The number of imidazole rings is 1. The normalized spacial score (nSPS) is 36.1. The predicted octanol–water partition coefficient (Wildman–Crippen LogP) is 3.49. The van der Waals surface area contributed by atoms with E-state index < -0.39 is 16.4 Å². The largest absolute Gasteiger partial charge is 0.326 e. The average molecular weight is 424 g/mol. The molecule has 3 aliphatic rings. The fraction of sp³-hybridized carbons (Fsp3) is 0.609. The van der Waals surface area contributed by atoms with E-state index in [0.717, 1.165) is 12.8 Å². The van der Waals surface area contributed by atoms with Crippen molar-refractivity contribution in [2.24, 2.45) is 16.7 Å². The first kappa shape index (κ1) is 20.3. The van der Waals surface area contributed by atoms with Gasteiger partial charge in [-0.2, -0.15) is 0 Å². The van der Waals surface area contributed by atoms with Crippen molar-refractivity contribution >= 4 is 28.5 Å². The molecule has 8 nitrogen and oxygen atoms in total. The number of ketones is 2. The third-order valence-corrected chi connectivity index (χ3v) is 8.22. The van der Waals surface area contributed by atoms with Gasteiger partial charge in [-0.25, -0.2) is 20.0 Å². The van der Waals surface area contributed by atoms with Crippen LogP contribution in [-0.2, 0) is 16.1 Å². The molecular formula is C23H29N5O3. The molecule has 5 rings (SSSR count). The lowest BCUT2D eigenvalue weighted by molar-refractivity contribution is -0.150. The molecule has 0 saturated heterocycles. The highest BCUT2D eigenvalue weighted by molar-refractivity contribution is 5.93. The lowest BCUT2D eigenvalue weighted by atomic mass is 9.50. The first-order valence-corrected chi connectivity index (χ1v) is 11.1. The van der Waals surface area contributed by atoms with Gasteiger partial charge in [0.1, 0.15) is 23.4 Å². The number of hydrogen-bond donors (Lipinski definition) is 1. The zero-order valence-corrected chi connectivity index (χ0v) is 18.3. The number of aryl methyl sites for hydroxylation is 1. The number of carbonyl (C=O) groups excluding carboxylic acids is 2. The topological polar surface area (TPSA) is 101 Å². The van der Waals surface area contributed by atoms with Crippen LogP contribution in [0.3, 0.4) is 0 Å². The number of nitrogens with zero attached hydrogens (tertiary/aromatic N) is 5. The molecule has 164 valence electrons. The number of rotatable bonds is 2. The zero-order valence-electron chi connectivity index (χ0n) is 18.3. The summed E-state index contributed by atoms with van der Waals surface area (Å²) in [5, 5.41) is 12.4. The molecule has 2 saturated carbocycles. The molecule has 4 atom stereocenters. The van der Waals surface area contributed by atoms with E-state index in [2.05, 4.69) is 15.0 Å². The summed E-state index contributed by atoms with van der Waals surface area (Å²) < 4.78 is 1.96. The summed E-state index contributed by atoms with van der Waals surface area (Å²) in [6.45, 7) is 6.60. The minimum Gasteiger partial charge on any atom is -0.326 e. The molecular weight excluding hydrogens is 394 g/mol. The molecule has 2 aromatic rings. The average Bonchev–Trinajstić information content (AvgIpc) is 3.14. The highest BCUT2D eigenvalue weighted by Gasteiger charge is 2.56. The van der Waals surface area contributed by atoms with Crippen LogP contribution in [0.4, 0.5) is 5.82 Å². The molecule has 31 heavy (non-hydrogen) atoms. The summed E-state index contributed by atoms with van der Waals surface area (Å²) in [4.78, 5) is 38.8. The fourth-order valence-electron chi connectivity index (χ4n) is 6.01. The Labute approximate surface area is 181 Å². The minimum absolute atomic E-state index is 0.0102. The van der Waals surface area contributed by atoms with Crippen LogP contribution in [0.2, 0.25) is 0 Å². The maximum atomic E-state index is 13.2. The number of hydroxylamine groups is 1. The summed E-state index contributed by atoms with van der Waals surface area (Å²) in [6, 6.07) is 0. The van der Waals surface area contributed by atoms with E-state index >= 15 is 0 Å².